The molecule has 4 rings (SSSR count). The van der Waals surface area contributed by atoms with Crippen molar-refractivity contribution in [2.24, 2.45) is 5.92 Å². The van der Waals surface area contributed by atoms with Crippen LogP contribution in [0.2, 0.25) is 0 Å². The molecule has 6 heteroatoms. The summed E-state index contributed by atoms with van der Waals surface area (Å²) >= 11 is 0. The lowest BCUT2D eigenvalue weighted by atomic mass is 9.94. The Morgan fingerprint density at radius 2 is 1.96 bits per heavy atom. The highest BCUT2D eigenvalue weighted by Gasteiger charge is 2.38. The molecule has 3 saturated heterocycles. The second-order valence-corrected chi connectivity index (χ2v) is 8.03. The van der Waals surface area contributed by atoms with Crippen LogP contribution >= 0.6 is 0 Å². The molecule has 3 amide bonds. The molecule has 0 spiro atoms. The molecule has 27 heavy (non-hydrogen) atoms. The van der Waals surface area contributed by atoms with Gasteiger partial charge < -0.3 is 19.4 Å². The largest absolute Gasteiger partial charge is 0.496 e. The summed E-state index contributed by atoms with van der Waals surface area (Å²) in [7, 11) is 5.24. The number of piperidine rings is 1. The molecule has 0 saturated carbocycles. The molecule has 3 heterocycles. The van der Waals surface area contributed by atoms with Gasteiger partial charge in [0.05, 0.1) is 7.11 Å². The fourth-order valence-corrected chi connectivity index (χ4v) is 4.24. The van der Waals surface area contributed by atoms with Gasteiger partial charge in [0.1, 0.15) is 5.75 Å². The Kier molecular flexibility index (Phi) is 5.92. The molecule has 1 aromatic carbocycles. The Labute approximate surface area is 162 Å². The third-order valence-electron chi connectivity index (χ3n) is 5.79. The molecule has 2 bridgehead atoms. The van der Waals surface area contributed by atoms with Gasteiger partial charge >= 0.3 is 6.03 Å². The number of hydrogen-bond donors (Lipinski definition) is 0. The van der Waals surface area contributed by atoms with Gasteiger partial charge in [0.15, 0.2) is 0 Å². The first-order valence-corrected chi connectivity index (χ1v) is 9.78. The van der Waals surface area contributed by atoms with Crippen LogP contribution in [0.4, 0.5) is 4.79 Å². The van der Waals surface area contributed by atoms with Crippen LogP contribution in [0.15, 0.2) is 18.2 Å². The fourth-order valence-electron chi connectivity index (χ4n) is 4.24. The number of benzene rings is 1. The standard InChI is InChI=1S/C21H31N3O3/c1-15-5-6-16(11-19(15)27-4)8-10-20(25)24-13-17-7-9-18(24)14-23(12-17)21(26)22(2)3/h5-6,11,17-18H,7-10,12-14H2,1-4H3/t17-,18+/m1/s1. The maximum atomic E-state index is 12.9. The van der Waals surface area contributed by atoms with Crippen LogP contribution in [0.3, 0.4) is 0 Å². The molecule has 3 aliphatic heterocycles. The number of carbonyl (C=O) groups is 2. The molecule has 0 radical (unpaired) electrons. The highest BCUT2D eigenvalue weighted by molar-refractivity contribution is 5.78. The van der Waals surface area contributed by atoms with E-state index in [9.17, 15) is 9.59 Å². The first kappa shape index (κ1) is 19.5. The van der Waals surface area contributed by atoms with E-state index in [1.165, 1.54) is 0 Å². The highest BCUT2D eigenvalue weighted by Crippen LogP contribution is 2.29. The number of amides is 3. The second kappa shape index (κ2) is 8.19. The van der Waals surface area contributed by atoms with Gasteiger partial charge in [0.2, 0.25) is 5.91 Å². The molecule has 148 valence electrons. The molecule has 3 fully saturated rings. The van der Waals surface area contributed by atoms with Crippen molar-refractivity contribution in [1.29, 1.82) is 0 Å². The topological polar surface area (TPSA) is 53.1 Å². The van der Waals surface area contributed by atoms with Gasteiger partial charge in [-0.05, 0) is 49.3 Å². The van der Waals surface area contributed by atoms with Gasteiger partial charge in [0, 0.05) is 46.2 Å². The number of fused-ring (bicyclic) bond motifs is 4. The van der Waals surface area contributed by atoms with E-state index >= 15 is 0 Å². The minimum Gasteiger partial charge on any atom is -0.496 e. The number of methoxy groups -OCH3 is 1. The van der Waals surface area contributed by atoms with Crippen molar-refractivity contribution in [1.82, 2.24) is 14.7 Å². The van der Waals surface area contributed by atoms with E-state index < -0.39 is 0 Å². The third-order valence-corrected chi connectivity index (χ3v) is 5.79. The summed E-state index contributed by atoms with van der Waals surface area (Å²) in [4.78, 5) is 30.9. The highest BCUT2D eigenvalue weighted by atomic mass is 16.5. The zero-order valence-corrected chi connectivity index (χ0v) is 16.9. The van der Waals surface area contributed by atoms with Crippen molar-refractivity contribution in [3.63, 3.8) is 0 Å². The average molecular weight is 373 g/mol. The van der Waals surface area contributed by atoms with Gasteiger partial charge in [-0.2, -0.15) is 0 Å². The van der Waals surface area contributed by atoms with Crippen molar-refractivity contribution >= 4 is 11.9 Å². The Morgan fingerprint density at radius 3 is 2.67 bits per heavy atom. The monoisotopic (exact) mass is 373 g/mol. The van der Waals surface area contributed by atoms with Crippen LogP contribution in [-0.4, -0.2) is 73.5 Å². The second-order valence-electron chi connectivity index (χ2n) is 8.03. The summed E-state index contributed by atoms with van der Waals surface area (Å²) in [5.41, 5.74) is 2.22. The quantitative estimate of drug-likeness (QED) is 0.815. The van der Waals surface area contributed by atoms with Crippen LogP contribution < -0.4 is 4.74 Å². The Balaban J connectivity index is 1.63. The molecular weight excluding hydrogens is 342 g/mol. The molecular formula is C21H31N3O3. The van der Waals surface area contributed by atoms with Crippen molar-refractivity contribution in [3.05, 3.63) is 29.3 Å². The van der Waals surface area contributed by atoms with Gasteiger partial charge in [-0.1, -0.05) is 12.1 Å². The maximum absolute atomic E-state index is 12.9. The molecule has 0 aromatic heterocycles. The van der Waals surface area contributed by atoms with Crippen molar-refractivity contribution in [2.45, 2.75) is 38.6 Å². The van der Waals surface area contributed by atoms with E-state index in [2.05, 4.69) is 6.07 Å². The number of aryl methyl sites for hydroxylation is 2. The van der Waals surface area contributed by atoms with Gasteiger partial charge in [0.25, 0.3) is 0 Å². The zero-order valence-electron chi connectivity index (χ0n) is 16.9. The van der Waals surface area contributed by atoms with E-state index in [1.807, 2.05) is 28.9 Å². The number of hydrogen-bond acceptors (Lipinski definition) is 3. The summed E-state index contributed by atoms with van der Waals surface area (Å²) in [6, 6.07) is 6.32. The van der Waals surface area contributed by atoms with E-state index in [0.29, 0.717) is 25.3 Å². The lowest BCUT2D eigenvalue weighted by molar-refractivity contribution is -0.135. The predicted octanol–water partition coefficient (Wildman–Crippen LogP) is 2.54. The summed E-state index contributed by atoms with van der Waals surface area (Å²) in [6.45, 7) is 4.20. The molecule has 3 aliphatic rings. The number of nitrogens with zero attached hydrogens (tertiary/aromatic N) is 3. The zero-order chi connectivity index (χ0) is 19.6. The van der Waals surface area contributed by atoms with Crippen LogP contribution in [0.25, 0.3) is 0 Å². The lowest BCUT2D eigenvalue weighted by Crippen LogP contribution is -2.48. The third kappa shape index (κ3) is 4.37. The van der Waals surface area contributed by atoms with Gasteiger partial charge in [-0.15, -0.1) is 0 Å². The Morgan fingerprint density at radius 1 is 1.19 bits per heavy atom. The lowest BCUT2D eigenvalue weighted by Gasteiger charge is -2.36. The Hall–Kier alpha value is -2.24. The van der Waals surface area contributed by atoms with Gasteiger partial charge in [-0.25, -0.2) is 4.79 Å². The summed E-state index contributed by atoms with van der Waals surface area (Å²) in [5, 5.41) is 0. The molecule has 2 atom stereocenters. The van der Waals surface area contributed by atoms with Crippen LogP contribution in [-0.2, 0) is 11.2 Å². The van der Waals surface area contributed by atoms with Crippen molar-refractivity contribution in [2.75, 3.05) is 40.8 Å². The minimum absolute atomic E-state index is 0.0490. The average Bonchev–Trinajstić information content (AvgIpc) is 2.98. The van der Waals surface area contributed by atoms with Crippen LogP contribution in [0, 0.1) is 12.8 Å². The van der Waals surface area contributed by atoms with Crippen molar-refractivity contribution in [3.8, 4) is 5.75 Å². The number of carbonyl (C=O) groups excluding carboxylic acids is 2. The predicted molar refractivity (Wildman–Crippen MR) is 105 cm³/mol. The fraction of sp³-hybridized carbons (Fsp3) is 0.619. The summed E-state index contributed by atoms with van der Waals surface area (Å²) in [5.74, 6) is 1.45. The van der Waals surface area contributed by atoms with E-state index in [0.717, 1.165) is 42.8 Å². The minimum atomic E-state index is 0.0490. The summed E-state index contributed by atoms with van der Waals surface area (Å²) < 4.78 is 5.38. The van der Waals surface area contributed by atoms with E-state index in [1.54, 1.807) is 26.1 Å². The SMILES string of the molecule is COc1cc(CCC(=O)N2C[C@@H]3CC[C@H]2CN(C(=O)N(C)C)C3)ccc1C. The normalized spacial score (nSPS) is 21.8. The maximum Gasteiger partial charge on any atom is 0.319 e. The smallest absolute Gasteiger partial charge is 0.319 e. The number of urea groups is 1. The first-order chi connectivity index (χ1) is 12.9. The molecule has 6 nitrogen and oxygen atoms in total. The van der Waals surface area contributed by atoms with E-state index in [-0.39, 0.29) is 18.0 Å². The van der Waals surface area contributed by atoms with Crippen LogP contribution in [0.1, 0.15) is 30.4 Å². The number of rotatable bonds is 4. The van der Waals surface area contributed by atoms with Gasteiger partial charge in [-0.3, -0.25) is 4.79 Å². The van der Waals surface area contributed by atoms with Crippen LogP contribution in [0.5, 0.6) is 5.75 Å². The van der Waals surface area contributed by atoms with E-state index in [4.69, 9.17) is 4.74 Å². The molecule has 1 aromatic rings. The van der Waals surface area contributed by atoms with Crippen molar-refractivity contribution < 1.29 is 14.3 Å². The molecule has 0 N–H and O–H groups in total. The number of ether oxygens (including phenoxy) is 1. The molecule has 0 unspecified atom stereocenters. The molecule has 0 aliphatic carbocycles. The first-order valence-electron chi connectivity index (χ1n) is 9.78. The summed E-state index contributed by atoms with van der Waals surface area (Å²) in [6.07, 6.45) is 3.30. The Bertz CT molecular complexity index is 704.